The molecular formula is C20H20ClN3O4. The minimum absolute atomic E-state index is 0.408. The lowest BCUT2D eigenvalue weighted by molar-refractivity contribution is -0.133. The zero-order valence-electron chi connectivity index (χ0n) is 15.5. The molecule has 3 rings (SSSR count). The summed E-state index contributed by atoms with van der Waals surface area (Å²) in [6.45, 7) is 3.47. The highest BCUT2D eigenvalue weighted by Gasteiger charge is 2.49. The number of carbonyl (C=O) groups excluding carboxylic acids is 3. The van der Waals surface area contributed by atoms with Gasteiger partial charge >= 0.3 is 6.03 Å². The van der Waals surface area contributed by atoms with Gasteiger partial charge in [0.25, 0.3) is 5.91 Å². The highest BCUT2D eigenvalue weighted by atomic mass is 35.5. The molecule has 0 radical (unpaired) electrons. The van der Waals surface area contributed by atoms with Crippen molar-refractivity contribution in [3.8, 4) is 5.75 Å². The molecule has 0 aliphatic carbocycles. The SMILES string of the molecule is CCOc1ccccc1NC(=O)CN1C(=O)NC(C)(c2ccc(Cl)cc2)C1=O. The maximum atomic E-state index is 12.9. The van der Waals surface area contributed by atoms with Crippen molar-refractivity contribution < 1.29 is 19.1 Å². The molecule has 2 N–H and O–H groups in total. The summed E-state index contributed by atoms with van der Waals surface area (Å²) in [5.74, 6) is -0.495. The number of nitrogens with zero attached hydrogens (tertiary/aromatic N) is 1. The van der Waals surface area contributed by atoms with Gasteiger partial charge < -0.3 is 15.4 Å². The summed E-state index contributed by atoms with van der Waals surface area (Å²) in [4.78, 5) is 38.6. The van der Waals surface area contributed by atoms with Crippen LogP contribution in [0, 0.1) is 0 Å². The molecule has 1 heterocycles. The van der Waals surface area contributed by atoms with Gasteiger partial charge in [-0.2, -0.15) is 0 Å². The summed E-state index contributed by atoms with van der Waals surface area (Å²) < 4.78 is 5.47. The number of hydrogen-bond acceptors (Lipinski definition) is 4. The van der Waals surface area contributed by atoms with Gasteiger partial charge in [0.15, 0.2) is 0 Å². The van der Waals surface area contributed by atoms with Crippen LogP contribution in [0.1, 0.15) is 19.4 Å². The van der Waals surface area contributed by atoms with E-state index in [4.69, 9.17) is 16.3 Å². The van der Waals surface area contributed by atoms with E-state index in [-0.39, 0.29) is 0 Å². The van der Waals surface area contributed by atoms with Crippen LogP contribution in [0.15, 0.2) is 48.5 Å². The maximum Gasteiger partial charge on any atom is 0.325 e. The molecule has 2 aromatic rings. The Morgan fingerprint density at radius 1 is 1.18 bits per heavy atom. The van der Waals surface area contributed by atoms with Crippen molar-refractivity contribution in [1.29, 1.82) is 0 Å². The van der Waals surface area contributed by atoms with Crippen molar-refractivity contribution in [2.75, 3.05) is 18.5 Å². The first kappa shape index (κ1) is 19.7. The summed E-state index contributed by atoms with van der Waals surface area (Å²) in [5.41, 5.74) is -0.202. The van der Waals surface area contributed by atoms with Gasteiger partial charge in [0.05, 0.1) is 12.3 Å². The van der Waals surface area contributed by atoms with Crippen LogP contribution < -0.4 is 15.4 Å². The van der Waals surface area contributed by atoms with Gasteiger partial charge in [-0.1, -0.05) is 35.9 Å². The van der Waals surface area contributed by atoms with Gasteiger partial charge in [0, 0.05) is 5.02 Å². The number of hydrogen-bond donors (Lipinski definition) is 2. The summed E-state index contributed by atoms with van der Waals surface area (Å²) in [7, 11) is 0. The zero-order valence-corrected chi connectivity index (χ0v) is 16.2. The summed E-state index contributed by atoms with van der Waals surface area (Å²) in [5, 5.41) is 5.86. The normalized spacial score (nSPS) is 18.8. The molecule has 4 amide bonds. The molecular weight excluding hydrogens is 382 g/mol. The summed E-state index contributed by atoms with van der Waals surface area (Å²) in [6, 6.07) is 12.9. The average Bonchev–Trinajstić information content (AvgIpc) is 2.88. The number of halogens is 1. The zero-order chi connectivity index (χ0) is 20.3. The smallest absolute Gasteiger partial charge is 0.325 e. The summed E-state index contributed by atoms with van der Waals surface area (Å²) >= 11 is 5.89. The van der Waals surface area contributed by atoms with E-state index in [1.165, 1.54) is 0 Å². The third-order valence-corrected chi connectivity index (χ3v) is 4.71. The van der Waals surface area contributed by atoms with Crippen molar-refractivity contribution in [3.63, 3.8) is 0 Å². The van der Waals surface area contributed by atoms with E-state index < -0.39 is 29.9 Å². The lowest BCUT2D eigenvalue weighted by Gasteiger charge is -2.22. The van der Waals surface area contributed by atoms with E-state index in [1.54, 1.807) is 55.5 Å². The van der Waals surface area contributed by atoms with E-state index in [2.05, 4.69) is 10.6 Å². The van der Waals surface area contributed by atoms with Crippen LogP contribution >= 0.6 is 11.6 Å². The van der Waals surface area contributed by atoms with E-state index in [1.807, 2.05) is 6.92 Å². The second-order valence-electron chi connectivity index (χ2n) is 6.43. The Hall–Kier alpha value is -3.06. The summed E-state index contributed by atoms with van der Waals surface area (Å²) in [6.07, 6.45) is 0. The molecule has 146 valence electrons. The van der Waals surface area contributed by atoms with Gasteiger partial charge in [-0.15, -0.1) is 0 Å². The van der Waals surface area contributed by atoms with E-state index in [0.717, 1.165) is 4.90 Å². The number of nitrogens with one attached hydrogen (secondary N) is 2. The molecule has 0 bridgehead atoms. The van der Waals surface area contributed by atoms with E-state index >= 15 is 0 Å². The van der Waals surface area contributed by atoms with Crippen LogP contribution in [0.4, 0.5) is 10.5 Å². The topological polar surface area (TPSA) is 87.7 Å². The van der Waals surface area contributed by atoms with Crippen LogP contribution in [0.3, 0.4) is 0 Å². The largest absolute Gasteiger partial charge is 0.492 e. The number of benzene rings is 2. The lowest BCUT2D eigenvalue weighted by Crippen LogP contribution is -2.42. The Morgan fingerprint density at radius 2 is 1.86 bits per heavy atom. The standard InChI is InChI=1S/C20H20ClN3O4/c1-3-28-16-7-5-4-6-15(16)22-17(25)12-24-18(26)20(2,23-19(24)27)13-8-10-14(21)11-9-13/h4-11H,3,12H2,1-2H3,(H,22,25)(H,23,27). The van der Waals surface area contributed by atoms with Crippen molar-refractivity contribution in [3.05, 3.63) is 59.1 Å². The molecule has 0 aromatic heterocycles. The lowest BCUT2D eigenvalue weighted by atomic mass is 9.92. The Morgan fingerprint density at radius 3 is 2.54 bits per heavy atom. The third-order valence-electron chi connectivity index (χ3n) is 4.46. The third kappa shape index (κ3) is 3.80. The predicted molar refractivity (Wildman–Crippen MR) is 105 cm³/mol. The van der Waals surface area contributed by atoms with Gasteiger partial charge in [-0.05, 0) is 43.7 Å². The molecule has 1 aliphatic rings. The highest BCUT2D eigenvalue weighted by Crippen LogP contribution is 2.30. The Bertz CT molecular complexity index is 916. The van der Waals surface area contributed by atoms with E-state index in [0.29, 0.717) is 28.6 Å². The van der Waals surface area contributed by atoms with Crippen molar-refractivity contribution >= 4 is 35.1 Å². The van der Waals surface area contributed by atoms with Crippen molar-refractivity contribution in [2.45, 2.75) is 19.4 Å². The molecule has 1 aliphatic heterocycles. The van der Waals surface area contributed by atoms with Crippen molar-refractivity contribution in [2.24, 2.45) is 0 Å². The number of imide groups is 1. The second-order valence-corrected chi connectivity index (χ2v) is 6.87. The molecule has 1 saturated heterocycles. The minimum atomic E-state index is -1.26. The van der Waals surface area contributed by atoms with Crippen LogP contribution in [-0.2, 0) is 15.1 Å². The quantitative estimate of drug-likeness (QED) is 0.728. The van der Waals surface area contributed by atoms with Gasteiger partial charge in [-0.25, -0.2) is 4.79 Å². The minimum Gasteiger partial charge on any atom is -0.492 e. The average molecular weight is 402 g/mol. The first-order valence-corrected chi connectivity index (χ1v) is 9.14. The van der Waals surface area contributed by atoms with Crippen LogP contribution in [0.25, 0.3) is 0 Å². The van der Waals surface area contributed by atoms with E-state index in [9.17, 15) is 14.4 Å². The van der Waals surface area contributed by atoms with Gasteiger partial charge in [0.2, 0.25) is 5.91 Å². The fourth-order valence-corrected chi connectivity index (χ4v) is 3.13. The van der Waals surface area contributed by atoms with Gasteiger partial charge in [0.1, 0.15) is 17.8 Å². The molecule has 7 nitrogen and oxygen atoms in total. The molecule has 8 heteroatoms. The molecule has 1 unspecified atom stereocenters. The van der Waals surface area contributed by atoms with Crippen molar-refractivity contribution in [1.82, 2.24) is 10.2 Å². The monoisotopic (exact) mass is 401 g/mol. The predicted octanol–water partition coefficient (Wildman–Crippen LogP) is 3.14. The number of para-hydroxylation sites is 2. The number of ether oxygens (including phenoxy) is 1. The number of rotatable bonds is 6. The molecule has 2 aromatic carbocycles. The molecule has 1 atom stereocenters. The number of anilines is 1. The van der Waals surface area contributed by atoms with Crippen LogP contribution in [0.5, 0.6) is 5.75 Å². The maximum absolute atomic E-state index is 12.9. The van der Waals surface area contributed by atoms with Gasteiger partial charge in [-0.3, -0.25) is 14.5 Å². The first-order chi connectivity index (χ1) is 13.3. The molecule has 28 heavy (non-hydrogen) atoms. The fourth-order valence-electron chi connectivity index (χ4n) is 3.00. The Labute approximate surface area is 167 Å². The first-order valence-electron chi connectivity index (χ1n) is 8.77. The molecule has 0 saturated carbocycles. The number of urea groups is 1. The fraction of sp³-hybridized carbons (Fsp3) is 0.250. The molecule has 1 fully saturated rings. The Balaban J connectivity index is 1.74. The van der Waals surface area contributed by atoms with Crippen LogP contribution in [-0.4, -0.2) is 35.9 Å². The Kier molecular flexibility index (Phi) is 5.56. The second kappa shape index (κ2) is 7.90. The highest BCUT2D eigenvalue weighted by molar-refractivity contribution is 6.30. The van der Waals surface area contributed by atoms with Crippen LogP contribution in [0.2, 0.25) is 5.02 Å². The number of carbonyl (C=O) groups is 3. The number of amides is 4. The molecule has 0 spiro atoms.